The van der Waals surface area contributed by atoms with Gasteiger partial charge in [-0.1, -0.05) is 54.1 Å². The maximum Gasteiger partial charge on any atom is 0.331 e. The Kier molecular flexibility index (Phi) is 7.79. The highest BCUT2D eigenvalue weighted by atomic mass is 35.5. The Labute approximate surface area is 184 Å². The molecule has 0 unspecified atom stereocenters. The molecule has 0 heterocycles. The van der Waals surface area contributed by atoms with Crippen LogP contribution in [-0.4, -0.2) is 18.5 Å². The van der Waals surface area contributed by atoms with Gasteiger partial charge < -0.3 is 14.8 Å². The average molecular weight is 440 g/mol. The van der Waals surface area contributed by atoms with E-state index in [1.165, 1.54) is 24.3 Å². The van der Waals surface area contributed by atoms with Crippen LogP contribution in [-0.2, 0) is 20.9 Å². The zero-order chi connectivity index (χ0) is 22.1. The molecule has 7 heteroatoms. The number of esters is 1. The minimum absolute atomic E-state index is 0.0240. The van der Waals surface area contributed by atoms with Gasteiger partial charge in [0.25, 0.3) is 5.91 Å². The van der Waals surface area contributed by atoms with E-state index in [-0.39, 0.29) is 5.69 Å². The lowest BCUT2D eigenvalue weighted by molar-refractivity contribution is -0.142. The molecule has 5 nitrogen and oxygen atoms in total. The SMILES string of the molecule is O=C(COC(=O)/C=C/c1ccc(OCc2ccccc2Cl)cc1)Nc1ccccc1F. The van der Waals surface area contributed by atoms with Crippen LogP contribution < -0.4 is 10.1 Å². The van der Waals surface area contributed by atoms with Crippen molar-refractivity contribution in [2.75, 3.05) is 11.9 Å². The molecule has 0 saturated carbocycles. The average Bonchev–Trinajstić information content (AvgIpc) is 2.78. The number of amides is 1. The van der Waals surface area contributed by atoms with Crippen LogP contribution >= 0.6 is 11.6 Å². The van der Waals surface area contributed by atoms with E-state index in [0.29, 0.717) is 17.4 Å². The Morgan fingerprint density at radius 2 is 1.68 bits per heavy atom. The second-order valence-electron chi connectivity index (χ2n) is 6.42. The molecule has 3 rings (SSSR count). The standard InChI is InChI=1S/C24H19ClFNO4/c25-20-6-2-1-5-18(20)15-30-19-12-9-17(10-13-19)11-14-24(29)31-16-23(28)27-22-8-4-3-7-21(22)26/h1-14H,15-16H2,(H,27,28)/b14-11+. The van der Waals surface area contributed by atoms with Crippen molar-refractivity contribution in [1.82, 2.24) is 0 Å². The number of ether oxygens (including phenoxy) is 2. The van der Waals surface area contributed by atoms with Crippen molar-refractivity contribution in [2.24, 2.45) is 0 Å². The summed E-state index contributed by atoms with van der Waals surface area (Å²) < 4.78 is 24.1. The van der Waals surface area contributed by atoms with Crippen LogP contribution in [0.2, 0.25) is 5.02 Å². The molecule has 0 fully saturated rings. The van der Waals surface area contributed by atoms with E-state index in [9.17, 15) is 14.0 Å². The van der Waals surface area contributed by atoms with Gasteiger partial charge in [0.2, 0.25) is 0 Å². The second kappa shape index (κ2) is 10.9. The van der Waals surface area contributed by atoms with Gasteiger partial charge in [-0.3, -0.25) is 4.79 Å². The number of hydrogen-bond donors (Lipinski definition) is 1. The van der Waals surface area contributed by atoms with Crippen molar-refractivity contribution in [2.45, 2.75) is 6.61 Å². The van der Waals surface area contributed by atoms with E-state index in [2.05, 4.69) is 5.32 Å². The summed E-state index contributed by atoms with van der Waals surface area (Å²) >= 11 is 6.10. The molecule has 0 spiro atoms. The molecule has 0 aliphatic carbocycles. The summed E-state index contributed by atoms with van der Waals surface area (Å²) in [5, 5.41) is 2.98. The summed E-state index contributed by atoms with van der Waals surface area (Å²) in [6.45, 7) is -0.178. The number of carbonyl (C=O) groups excluding carboxylic acids is 2. The summed E-state index contributed by atoms with van der Waals surface area (Å²) in [6, 6.07) is 20.2. The van der Waals surface area contributed by atoms with Gasteiger partial charge in [0.05, 0.1) is 5.69 Å². The largest absolute Gasteiger partial charge is 0.489 e. The van der Waals surface area contributed by atoms with Crippen LogP contribution in [0.3, 0.4) is 0 Å². The van der Waals surface area contributed by atoms with E-state index in [1.807, 2.05) is 18.2 Å². The van der Waals surface area contributed by atoms with E-state index in [4.69, 9.17) is 21.1 Å². The van der Waals surface area contributed by atoms with Crippen LogP contribution in [0.4, 0.5) is 10.1 Å². The first-order chi connectivity index (χ1) is 15.0. The highest BCUT2D eigenvalue weighted by Crippen LogP contribution is 2.19. The van der Waals surface area contributed by atoms with Crippen molar-refractivity contribution < 1.29 is 23.5 Å². The second-order valence-corrected chi connectivity index (χ2v) is 6.83. The fourth-order valence-electron chi connectivity index (χ4n) is 2.55. The third-order valence-corrected chi connectivity index (χ3v) is 4.51. The molecule has 158 valence electrons. The molecule has 1 N–H and O–H groups in total. The number of carbonyl (C=O) groups is 2. The first kappa shape index (κ1) is 22.1. The van der Waals surface area contributed by atoms with Crippen molar-refractivity contribution in [3.8, 4) is 5.75 Å². The third-order valence-electron chi connectivity index (χ3n) is 4.14. The number of para-hydroxylation sites is 1. The lowest BCUT2D eigenvalue weighted by atomic mass is 10.2. The number of rotatable bonds is 8. The van der Waals surface area contributed by atoms with Gasteiger partial charge in [-0.15, -0.1) is 0 Å². The molecule has 0 aliphatic rings. The van der Waals surface area contributed by atoms with Crippen LogP contribution in [0.15, 0.2) is 78.9 Å². The topological polar surface area (TPSA) is 64.6 Å². The van der Waals surface area contributed by atoms with Crippen LogP contribution in [0.25, 0.3) is 6.08 Å². The van der Waals surface area contributed by atoms with Crippen LogP contribution in [0.5, 0.6) is 5.75 Å². The normalized spacial score (nSPS) is 10.6. The molecular weight excluding hydrogens is 421 g/mol. The number of nitrogens with one attached hydrogen (secondary N) is 1. The molecule has 1 amide bonds. The van der Waals surface area contributed by atoms with E-state index in [1.54, 1.807) is 42.5 Å². The predicted molar refractivity (Wildman–Crippen MR) is 117 cm³/mol. The van der Waals surface area contributed by atoms with Crippen molar-refractivity contribution in [3.05, 3.63) is 101 Å². The predicted octanol–water partition coefficient (Wildman–Crippen LogP) is 5.25. The smallest absolute Gasteiger partial charge is 0.331 e. The van der Waals surface area contributed by atoms with Crippen LogP contribution in [0, 0.1) is 5.82 Å². The summed E-state index contributed by atoms with van der Waals surface area (Å²) in [4.78, 5) is 23.6. The quantitative estimate of drug-likeness (QED) is 0.384. The van der Waals surface area contributed by atoms with E-state index < -0.39 is 24.3 Å². The highest BCUT2D eigenvalue weighted by Gasteiger charge is 2.08. The van der Waals surface area contributed by atoms with Gasteiger partial charge in [-0.25, -0.2) is 9.18 Å². The molecule has 0 atom stereocenters. The van der Waals surface area contributed by atoms with Gasteiger partial charge in [0, 0.05) is 16.7 Å². The Morgan fingerprint density at radius 1 is 0.968 bits per heavy atom. The molecular formula is C24H19ClFNO4. The summed E-state index contributed by atoms with van der Waals surface area (Å²) in [5.74, 6) is -1.24. The number of halogens is 2. The van der Waals surface area contributed by atoms with Crippen molar-refractivity contribution >= 4 is 35.2 Å². The van der Waals surface area contributed by atoms with Crippen LogP contribution in [0.1, 0.15) is 11.1 Å². The molecule has 0 radical (unpaired) electrons. The Morgan fingerprint density at radius 3 is 2.42 bits per heavy atom. The minimum atomic E-state index is -0.692. The number of hydrogen-bond acceptors (Lipinski definition) is 4. The van der Waals surface area contributed by atoms with Gasteiger partial charge in [-0.2, -0.15) is 0 Å². The Bertz CT molecular complexity index is 1080. The molecule has 0 saturated heterocycles. The maximum absolute atomic E-state index is 13.5. The van der Waals surface area contributed by atoms with Gasteiger partial charge >= 0.3 is 5.97 Å². The molecule has 0 aromatic heterocycles. The highest BCUT2D eigenvalue weighted by molar-refractivity contribution is 6.31. The number of anilines is 1. The molecule has 3 aromatic rings. The summed E-state index contributed by atoms with van der Waals surface area (Å²) in [6.07, 6.45) is 2.75. The Hall–Kier alpha value is -3.64. The summed E-state index contributed by atoms with van der Waals surface area (Å²) in [5.41, 5.74) is 1.66. The molecule has 0 aliphatic heterocycles. The lowest BCUT2D eigenvalue weighted by Crippen LogP contribution is -2.20. The van der Waals surface area contributed by atoms with E-state index in [0.717, 1.165) is 11.1 Å². The fraction of sp³-hybridized carbons (Fsp3) is 0.0833. The fourth-order valence-corrected chi connectivity index (χ4v) is 2.74. The monoisotopic (exact) mass is 439 g/mol. The Balaban J connectivity index is 1.44. The zero-order valence-corrected chi connectivity index (χ0v) is 17.1. The van der Waals surface area contributed by atoms with Gasteiger partial charge in [0.1, 0.15) is 18.2 Å². The first-order valence-corrected chi connectivity index (χ1v) is 9.74. The lowest BCUT2D eigenvalue weighted by Gasteiger charge is -2.08. The minimum Gasteiger partial charge on any atom is -0.489 e. The van der Waals surface area contributed by atoms with Gasteiger partial charge in [-0.05, 0) is 42.0 Å². The molecule has 31 heavy (non-hydrogen) atoms. The zero-order valence-electron chi connectivity index (χ0n) is 16.4. The van der Waals surface area contributed by atoms with Crippen molar-refractivity contribution in [3.63, 3.8) is 0 Å². The van der Waals surface area contributed by atoms with Gasteiger partial charge in [0.15, 0.2) is 6.61 Å². The number of benzene rings is 3. The summed E-state index contributed by atoms with van der Waals surface area (Å²) in [7, 11) is 0. The third kappa shape index (κ3) is 6.97. The first-order valence-electron chi connectivity index (χ1n) is 9.37. The molecule has 3 aromatic carbocycles. The molecule has 0 bridgehead atoms. The van der Waals surface area contributed by atoms with E-state index >= 15 is 0 Å². The van der Waals surface area contributed by atoms with Crippen molar-refractivity contribution in [1.29, 1.82) is 0 Å². The maximum atomic E-state index is 13.5.